The van der Waals surface area contributed by atoms with Crippen LogP contribution < -0.4 is 20.4 Å². The number of anilines is 1. The number of nitrogens with one attached hydrogen (secondary N) is 2. The van der Waals surface area contributed by atoms with E-state index in [4.69, 9.17) is 4.74 Å². The molecule has 7 nitrogen and oxygen atoms in total. The number of hydrazone groups is 1. The van der Waals surface area contributed by atoms with Crippen molar-refractivity contribution in [1.29, 1.82) is 0 Å². The third-order valence-corrected chi connectivity index (χ3v) is 4.09. The molecule has 0 aliphatic rings. The molecule has 0 amide bonds. The number of hydrogen-bond acceptors (Lipinski definition) is 7. The third-order valence-electron chi connectivity index (χ3n) is 4.09. The molecule has 1 aromatic heterocycles. The minimum atomic E-state index is -0.0132. The number of allylic oxidation sites excluding steroid dienone is 3. The van der Waals surface area contributed by atoms with Gasteiger partial charge in [0.1, 0.15) is 12.4 Å². The van der Waals surface area contributed by atoms with Crippen LogP contribution in [0, 0.1) is 0 Å². The zero-order valence-corrected chi connectivity index (χ0v) is 18.8. The van der Waals surface area contributed by atoms with Gasteiger partial charge in [-0.3, -0.25) is 5.43 Å². The molecule has 0 aromatic carbocycles. The molecule has 0 radical (unpaired) electrons. The molecule has 0 bridgehead atoms. The Balaban J connectivity index is 3.03. The Morgan fingerprint density at radius 3 is 2.57 bits per heavy atom. The van der Waals surface area contributed by atoms with Crippen LogP contribution in [-0.4, -0.2) is 49.1 Å². The van der Waals surface area contributed by atoms with E-state index in [2.05, 4.69) is 53.1 Å². The summed E-state index contributed by atoms with van der Waals surface area (Å²) in [7, 11) is 0. The molecule has 7 heteroatoms. The highest BCUT2D eigenvalue weighted by molar-refractivity contribution is 5.79. The quantitative estimate of drug-likeness (QED) is 0.131. The lowest BCUT2D eigenvalue weighted by molar-refractivity contribution is 0.303. The molecule has 30 heavy (non-hydrogen) atoms. The first-order chi connectivity index (χ1) is 14.5. The van der Waals surface area contributed by atoms with E-state index in [-0.39, 0.29) is 5.76 Å². The van der Waals surface area contributed by atoms with Crippen molar-refractivity contribution in [3.63, 3.8) is 0 Å². The number of pyridine rings is 1. The van der Waals surface area contributed by atoms with Gasteiger partial charge in [-0.2, -0.15) is 5.10 Å². The maximum Gasteiger partial charge on any atom is 0.215 e. The van der Waals surface area contributed by atoms with Gasteiger partial charge in [0.2, 0.25) is 5.88 Å². The van der Waals surface area contributed by atoms with Crippen LogP contribution in [0.1, 0.15) is 46.2 Å². The van der Waals surface area contributed by atoms with Gasteiger partial charge in [0.15, 0.2) is 0 Å². The van der Waals surface area contributed by atoms with Gasteiger partial charge in [-0.15, -0.1) is 0 Å². The van der Waals surface area contributed by atoms with E-state index in [0.29, 0.717) is 18.2 Å². The third kappa shape index (κ3) is 10.1. The fourth-order valence-electron chi connectivity index (χ4n) is 2.71. The Bertz CT molecular complexity index is 722. The van der Waals surface area contributed by atoms with Gasteiger partial charge in [-0.1, -0.05) is 33.4 Å². The summed E-state index contributed by atoms with van der Waals surface area (Å²) >= 11 is 0. The number of aliphatic hydroxyl groups is 1. The molecule has 1 aromatic rings. The molecule has 3 N–H and O–H groups in total. The largest absolute Gasteiger partial charge is 0.509 e. The summed E-state index contributed by atoms with van der Waals surface area (Å²) < 4.78 is 5.87. The summed E-state index contributed by atoms with van der Waals surface area (Å²) in [5, 5.41) is 16.7. The second kappa shape index (κ2) is 15.1. The minimum absolute atomic E-state index is 0.0132. The van der Waals surface area contributed by atoms with Crippen molar-refractivity contribution >= 4 is 11.9 Å². The van der Waals surface area contributed by atoms with Crippen LogP contribution >= 0.6 is 0 Å². The van der Waals surface area contributed by atoms with Crippen LogP contribution in [0.5, 0.6) is 5.88 Å². The molecular weight excluding hydrogens is 378 g/mol. The van der Waals surface area contributed by atoms with Crippen LogP contribution in [0.25, 0.3) is 0 Å². The number of aromatic nitrogens is 1. The Hall–Kier alpha value is -2.80. The predicted molar refractivity (Wildman–Crippen MR) is 126 cm³/mol. The van der Waals surface area contributed by atoms with Crippen LogP contribution in [-0.2, 0) is 0 Å². The van der Waals surface area contributed by atoms with E-state index < -0.39 is 0 Å². The van der Waals surface area contributed by atoms with Gasteiger partial charge in [0.05, 0.1) is 17.6 Å². The van der Waals surface area contributed by atoms with Gasteiger partial charge in [-0.25, -0.2) is 4.98 Å². The van der Waals surface area contributed by atoms with Crippen LogP contribution in [0.2, 0.25) is 0 Å². The van der Waals surface area contributed by atoms with Gasteiger partial charge < -0.3 is 20.1 Å². The summed E-state index contributed by atoms with van der Waals surface area (Å²) in [6, 6.07) is 4.02. The fourth-order valence-corrected chi connectivity index (χ4v) is 2.71. The van der Waals surface area contributed by atoms with Crippen molar-refractivity contribution in [3.8, 4) is 5.88 Å². The highest BCUT2D eigenvalue weighted by Gasteiger charge is 2.09. The van der Waals surface area contributed by atoms with Crippen molar-refractivity contribution in [2.75, 3.05) is 37.7 Å². The number of nitrogens with zero attached hydrogens (tertiary/aromatic N) is 3. The van der Waals surface area contributed by atoms with Crippen molar-refractivity contribution in [2.24, 2.45) is 5.10 Å². The Morgan fingerprint density at radius 2 is 1.97 bits per heavy atom. The molecule has 1 heterocycles. The first-order valence-corrected chi connectivity index (χ1v) is 10.7. The average molecular weight is 416 g/mol. The monoisotopic (exact) mass is 415 g/mol. The zero-order valence-electron chi connectivity index (χ0n) is 18.8. The van der Waals surface area contributed by atoms with Gasteiger partial charge in [0.25, 0.3) is 0 Å². The summed E-state index contributed by atoms with van der Waals surface area (Å²) in [4.78, 5) is 6.92. The summed E-state index contributed by atoms with van der Waals surface area (Å²) in [5.74, 6) is 0.576. The molecule has 0 fully saturated rings. The van der Waals surface area contributed by atoms with Gasteiger partial charge >= 0.3 is 0 Å². The maximum absolute atomic E-state index is 9.20. The lowest BCUT2D eigenvalue weighted by Gasteiger charge is -2.24. The number of likely N-dealkylation sites (N-methyl/N-ethyl adjacent to an activating group) is 1. The molecular formula is C23H37N5O2. The van der Waals surface area contributed by atoms with Gasteiger partial charge in [-0.05, 0) is 44.5 Å². The second-order valence-corrected chi connectivity index (χ2v) is 6.72. The minimum Gasteiger partial charge on any atom is -0.509 e. The van der Waals surface area contributed by atoms with E-state index >= 15 is 0 Å². The van der Waals surface area contributed by atoms with Crippen LogP contribution in [0.15, 0.2) is 53.5 Å². The Labute approximate surface area is 181 Å². The summed E-state index contributed by atoms with van der Waals surface area (Å²) in [6.45, 7) is 15.9. The SMILES string of the molecule is C=C(O)/C=C\C(=C/C)N/N=C/c1cc(N(CCC)CCC)cc(OCCNCC)n1. The highest BCUT2D eigenvalue weighted by Crippen LogP contribution is 2.21. The fraction of sp³-hybridized carbons (Fsp3) is 0.478. The number of aliphatic hydroxyl groups excluding tert-OH is 1. The zero-order chi connectivity index (χ0) is 22.2. The lowest BCUT2D eigenvalue weighted by Crippen LogP contribution is -2.25. The number of hydrogen-bond donors (Lipinski definition) is 3. The molecule has 0 aliphatic carbocycles. The molecule has 0 unspecified atom stereocenters. The molecule has 0 atom stereocenters. The molecule has 1 rings (SSSR count). The number of rotatable bonds is 15. The molecule has 0 saturated carbocycles. The maximum atomic E-state index is 9.20. The second-order valence-electron chi connectivity index (χ2n) is 6.72. The van der Waals surface area contributed by atoms with Gasteiger partial charge in [0, 0.05) is 31.4 Å². The van der Waals surface area contributed by atoms with E-state index in [1.165, 1.54) is 6.08 Å². The standard InChI is InChI=1S/C23H37N5O2/c1-6-13-28(14-7-2)22-16-21(26-23(17-22)30-15-12-24-9-4)18-25-27-20(8-3)11-10-19(5)29/h8,10-11,16-18,24,27,29H,5-7,9,12-15H2,1-4H3/b11-10-,20-8+,25-18+. The molecule has 0 aliphatic heterocycles. The van der Waals surface area contributed by atoms with Crippen molar-refractivity contribution < 1.29 is 9.84 Å². The lowest BCUT2D eigenvalue weighted by atomic mass is 10.2. The highest BCUT2D eigenvalue weighted by atomic mass is 16.5. The number of ether oxygens (including phenoxy) is 1. The Kier molecular flexibility index (Phi) is 12.7. The predicted octanol–water partition coefficient (Wildman–Crippen LogP) is 4.15. The smallest absolute Gasteiger partial charge is 0.215 e. The van der Waals surface area contributed by atoms with E-state index in [1.54, 1.807) is 12.3 Å². The van der Waals surface area contributed by atoms with E-state index in [9.17, 15) is 5.11 Å². The summed E-state index contributed by atoms with van der Waals surface area (Å²) in [5.41, 5.74) is 5.46. The average Bonchev–Trinajstić information content (AvgIpc) is 2.73. The van der Waals surface area contributed by atoms with Crippen molar-refractivity contribution in [1.82, 2.24) is 15.7 Å². The van der Waals surface area contributed by atoms with E-state index in [1.807, 2.05) is 25.1 Å². The summed E-state index contributed by atoms with van der Waals surface area (Å²) in [6.07, 6.45) is 8.85. The molecule has 0 saturated heterocycles. The van der Waals surface area contributed by atoms with E-state index in [0.717, 1.165) is 50.4 Å². The van der Waals surface area contributed by atoms with Crippen LogP contribution in [0.3, 0.4) is 0 Å². The van der Waals surface area contributed by atoms with Crippen molar-refractivity contribution in [2.45, 2.75) is 40.5 Å². The molecule has 0 spiro atoms. The normalized spacial score (nSPS) is 11.9. The molecule has 166 valence electrons. The van der Waals surface area contributed by atoms with Crippen LogP contribution in [0.4, 0.5) is 5.69 Å². The van der Waals surface area contributed by atoms with Crippen molar-refractivity contribution in [3.05, 3.63) is 54.1 Å². The first-order valence-electron chi connectivity index (χ1n) is 10.7. The first kappa shape index (κ1) is 25.2. The topological polar surface area (TPSA) is 82.0 Å². The Morgan fingerprint density at radius 1 is 1.23 bits per heavy atom.